The number of anilines is 1. The summed E-state index contributed by atoms with van der Waals surface area (Å²) in [7, 11) is 0. The van der Waals surface area contributed by atoms with Gasteiger partial charge in [0.2, 0.25) is 0 Å². The molecule has 2 amide bonds. The van der Waals surface area contributed by atoms with Gasteiger partial charge in [0.25, 0.3) is 5.91 Å². The number of aromatic nitrogens is 2. The highest BCUT2D eigenvalue weighted by Crippen LogP contribution is 2.34. The molecule has 0 N–H and O–H groups in total. The molecule has 0 saturated carbocycles. The van der Waals surface area contributed by atoms with Gasteiger partial charge in [-0.1, -0.05) is 17.7 Å². The lowest BCUT2D eigenvalue weighted by Crippen LogP contribution is -2.49. The van der Waals surface area contributed by atoms with Gasteiger partial charge in [0.15, 0.2) is 5.82 Å². The molecule has 2 aliphatic heterocycles. The maximum absolute atomic E-state index is 15.0. The van der Waals surface area contributed by atoms with Gasteiger partial charge in [-0.3, -0.25) is 4.79 Å². The monoisotopic (exact) mass is 579 g/mol. The van der Waals surface area contributed by atoms with Gasteiger partial charge in [0, 0.05) is 56.9 Å². The lowest BCUT2D eigenvalue weighted by atomic mass is 9.90. The molecule has 5 rings (SSSR count). The molecule has 0 radical (unpaired) electrons. The maximum atomic E-state index is 15.0. The van der Waals surface area contributed by atoms with Crippen molar-refractivity contribution in [2.75, 3.05) is 44.2 Å². The Hall–Kier alpha value is -3.95. The predicted molar refractivity (Wildman–Crippen MR) is 157 cm³/mol. The van der Waals surface area contributed by atoms with Gasteiger partial charge in [-0.25, -0.2) is 18.3 Å². The molecular formula is C32H39F2N5O3. The first kappa shape index (κ1) is 29.5. The molecule has 1 aromatic heterocycles. The summed E-state index contributed by atoms with van der Waals surface area (Å²) in [6.07, 6.45) is 2.22. The normalized spacial score (nSPS) is 16.6. The summed E-state index contributed by atoms with van der Waals surface area (Å²) in [5, 5.41) is 4.44. The highest BCUT2D eigenvalue weighted by Gasteiger charge is 2.34. The van der Waals surface area contributed by atoms with E-state index in [-0.39, 0.29) is 23.6 Å². The van der Waals surface area contributed by atoms with E-state index in [2.05, 4.69) is 42.0 Å². The quantitative estimate of drug-likeness (QED) is 0.388. The minimum absolute atomic E-state index is 0.0830. The number of halogens is 2. The number of hydrogen-bond donors (Lipinski definition) is 0. The summed E-state index contributed by atoms with van der Waals surface area (Å²) in [6.45, 7) is 13.0. The van der Waals surface area contributed by atoms with E-state index in [1.54, 1.807) is 4.90 Å². The fourth-order valence-electron chi connectivity index (χ4n) is 5.90. The number of hydrogen-bond acceptors (Lipinski definition) is 5. The first-order chi connectivity index (χ1) is 19.9. The Balaban J connectivity index is 1.38. The van der Waals surface area contributed by atoms with Gasteiger partial charge in [0.1, 0.15) is 17.1 Å². The fourth-order valence-corrected chi connectivity index (χ4v) is 5.90. The molecule has 0 atom stereocenters. The van der Waals surface area contributed by atoms with E-state index in [9.17, 15) is 18.4 Å². The Morgan fingerprint density at radius 2 is 1.55 bits per heavy atom. The van der Waals surface area contributed by atoms with E-state index in [1.165, 1.54) is 39.8 Å². The number of likely N-dealkylation sites (tertiary alicyclic amines) is 1. The van der Waals surface area contributed by atoms with Crippen LogP contribution >= 0.6 is 0 Å². The zero-order valence-electron chi connectivity index (χ0n) is 25.0. The molecule has 0 spiro atoms. The molecule has 2 fully saturated rings. The van der Waals surface area contributed by atoms with Crippen LogP contribution in [-0.2, 0) is 4.74 Å². The number of rotatable bonds is 4. The highest BCUT2D eigenvalue weighted by molar-refractivity contribution is 5.95. The van der Waals surface area contributed by atoms with Crippen LogP contribution in [0, 0.1) is 25.5 Å². The molecule has 3 aromatic rings. The summed E-state index contributed by atoms with van der Waals surface area (Å²) in [6, 6.07) is 9.74. The fraction of sp³-hybridized carbons (Fsp3) is 0.469. The van der Waals surface area contributed by atoms with E-state index in [0.29, 0.717) is 63.4 Å². The molecule has 2 aromatic carbocycles. The number of piperazine rings is 1. The third-order valence-electron chi connectivity index (χ3n) is 7.97. The van der Waals surface area contributed by atoms with Crippen molar-refractivity contribution in [2.45, 2.75) is 59.0 Å². The van der Waals surface area contributed by atoms with Crippen LogP contribution in [0.15, 0.2) is 42.6 Å². The number of carbonyl (C=O) groups is 2. The molecule has 0 bridgehead atoms. The first-order valence-electron chi connectivity index (χ1n) is 14.5. The number of nitrogens with zero attached hydrogens (tertiary/aromatic N) is 5. The van der Waals surface area contributed by atoms with Crippen LogP contribution in [0.3, 0.4) is 0 Å². The molecule has 2 saturated heterocycles. The number of carbonyl (C=O) groups excluding carboxylic acids is 2. The second-order valence-corrected chi connectivity index (χ2v) is 12.3. The summed E-state index contributed by atoms with van der Waals surface area (Å²) in [5.74, 6) is -1.76. The van der Waals surface area contributed by atoms with E-state index in [1.807, 2.05) is 25.7 Å². The summed E-state index contributed by atoms with van der Waals surface area (Å²) in [4.78, 5) is 32.4. The average molecular weight is 580 g/mol. The summed E-state index contributed by atoms with van der Waals surface area (Å²) < 4.78 is 35.7. The molecule has 10 heteroatoms. The molecule has 8 nitrogen and oxygen atoms in total. The molecule has 42 heavy (non-hydrogen) atoms. The van der Waals surface area contributed by atoms with Crippen LogP contribution in [0.5, 0.6) is 0 Å². The molecular weight excluding hydrogens is 540 g/mol. The Bertz CT molecular complexity index is 1470. The van der Waals surface area contributed by atoms with Crippen molar-refractivity contribution in [2.24, 2.45) is 0 Å². The van der Waals surface area contributed by atoms with Crippen LogP contribution in [0.1, 0.15) is 66.7 Å². The van der Waals surface area contributed by atoms with Gasteiger partial charge in [-0.05, 0) is 71.2 Å². The van der Waals surface area contributed by atoms with Crippen LogP contribution in [0.25, 0.3) is 5.69 Å². The van der Waals surface area contributed by atoms with Crippen LogP contribution < -0.4 is 4.90 Å². The van der Waals surface area contributed by atoms with E-state index in [0.717, 1.165) is 6.07 Å². The predicted octanol–water partition coefficient (Wildman–Crippen LogP) is 5.84. The third kappa shape index (κ3) is 6.27. The standard InChI is InChI=1S/C32H39F2N5O3/c1-21-6-8-27(22(2)18-21)36-14-16-37(17-15-36)30(40)25-20-35-39(28-9-7-24(33)19-26(28)34)29(25)23-10-12-38(13-11-23)31(41)42-32(3,4)5/h6-9,18-20,23H,10-17H2,1-5H3. The third-order valence-corrected chi connectivity index (χ3v) is 7.97. The van der Waals surface area contributed by atoms with Crippen molar-refractivity contribution in [3.63, 3.8) is 0 Å². The molecule has 3 heterocycles. The van der Waals surface area contributed by atoms with Crippen LogP contribution in [0.2, 0.25) is 0 Å². The van der Waals surface area contributed by atoms with E-state index >= 15 is 0 Å². The number of amides is 2. The van der Waals surface area contributed by atoms with Crippen molar-refractivity contribution >= 4 is 17.7 Å². The molecule has 2 aliphatic rings. The lowest BCUT2D eigenvalue weighted by Gasteiger charge is -2.37. The van der Waals surface area contributed by atoms with Crippen molar-refractivity contribution in [1.82, 2.24) is 19.6 Å². The Morgan fingerprint density at radius 3 is 2.17 bits per heavy atom. The second-order valence-electron chi connectivity index (χ2n) is 12.3. The van der Waals surface area contributed by atoms with E-state index < -0.39 is 17.2 Å². The Morgan fingerprint density at radius 1 is 0.881 bits per heavy atom. The number of ether oxygens (including phenoxy) is 1. The number of piperidine rings is 1. The minimum Gasteiger partial charge on any atom is -0.444 e. The SMILES string of the molecule is Cc1ccc(N2CCN(C(=O)c3cnn(-c4ccc(F)cc4F)c3C3CCN(C(=O)OC(C)(C)C)CC3)CC2)c(C)c1. The molecule has 0 aliphatic carbocycles. The van der Waals surface area contributed by atoms with Crippen LogP contribution in [0.4, 0.5) is 19.3 Å². The smallest absolute Gasteiger partial charge is 0.410 e. The molecule has 224 valence electrons. The van der Waals surface area contributed by atoms with Crippen molar-refractivity contribution in [3.8, 4) is 5.69 Å². The van der Waals surface area contributed by atoms with Gasteiger partial charge in [-0.15, -0.1) is 0 Å². The van der Waals surface area contributed by atoms with Crippen molar-refractivity contribution in [3.05, 3.63) is 76.6 Å². The van der Waals surface area contributed by atoms with Crippen LogP contribution in [-0.4, -0.2) is 76.5 Å². The van der Waals surface area contributed by atoms with E-state index in [4.69, 9.17) is 4.74 Å². The summed E-state index contributed by atoms with van der Waals surface area (Å²) >= 11 is 0. The minimum atomic E-state index is -0.758. The zero-order valence-corrected chi connectivity index (χ0v) is 25.0. The lowest BCUT2D eigenvalue weighted by molar-refractivity contribution is 0.0203. The Kier molecular flexibility index (Phi) is 8.25. The number of benzene rings is 2. The zero-order chi connectivity index (χ0) is 30.2. The van der Waals surface area contributed by atoms with Gasteiger partial charge < -0.3 is 19.4 Å². The Labute approximate surface area is 245 Å². The van der Waals surface area contributed by atoms with Gasteiger partial charge in [0.05, 0.1) is 17.5 Å². The van der Waals surface area contributed by atoms with Crippen molar-refractivity contribution < 1.29 is 23.1 Å². The van der Waals surface area contributed by atoms with Gasteiger partial charge >= 0.3 is 6.09 Å². The second kappa shape index (κ2) is 11.7. The summed E-state index contributed by atoms with van der Waals surface area (Å²) in [5.41, 5.74) is 4.07. The topological polar surface area (TPSA) is 70.9 Å². The van der Waals surface area contributed by atoms with Crippen molar-refractivity contribution in [1.29, 1.82) is 0 Å². The highest BCUT2D eigenvalue weighted by atomic mass is 19.1. The average Bonchev–Trinajstić information content (AvgIpc) is 3.37. The first-order valence-corrected chi connectivity index (χ1v) is 14.5. The van der Waals surface area contributed by atoms with Gasteiger partial charge in [-0.2, -0.15) is 5.10 Å². The largest absolute Gasteiger partial charge is 0.444 e. The molecule has 0 unspecified atom stereocenters. The maximum Gasteiger partial charge on any atom is 0.410 e. The number of aryl methyl sites for hydroxylation is 2.